The van der Waals surface area contributed by atoms with Crippen molar-refractivity contribution in [1.29, 1.82) is 0 Å². The molecular formula is C5H14ClN2+. The van der Waals surface area contributed by atoms with E-state index >= 15 is 0 Å². The predicted octanol–water partition coefficient (Wildman–Crippen LogP) is 0.736. The van der Waals surface area contributed by atoms with Crippen LogP contribution in [-0.2, 0) is 0 Å². The van der Waals surface area contributed by atoms with Crippen LogP contribution in [0.15, 0.2) is 0 Å². The molecule has 0 aromatic heterocycles. The standard InChI is InChI=1S/C5H14ClN2/c1-7(2)8(3,4)5-6/h5H2,1-4H3/q+1. The van der Waals surface area contributed by atoms with E-state index < -0.39 is 0 Å². The molecule has 0 N–H and O–H groups in total. The maximum Gasteiger partial charge on any atom is 0.172 e. The van der Waals surface area contributed by atoms with Crippen LogP contribution in [0.1, 0.15) is 0 Å². The second-order valence-corrected chi connectivity index (χ2v) is 2.83. The predicted molar refractivity (Wildman–Crippen MR) is 36.5 cm³/mol. The van der Waals surface area contributed by atoms with Crippen LogP contribution in [0.3, 0.4) is 0 Å². The minimum Gasteiger partial charge on any atom is -0.236 e. The van der Waals surface area contributed by atoms with Crippen LogP contribution in [0.4, 0.5) is 0 Å². The van der Waals surface area contributed by atoms with Gasteiger partial charge < -0.3 is 0 Å². The highest BCUT2D eigenvalue weighted by molar-refractivity contribution is 6.16. The molecule has 0 fully saturated rings. The van der Waals surface area contributed by atoms with Gasteiger partial charge in [-0.15, -0.1) is 0 Å². The average Bonchev–Trinajstić information content (AvgIpc) is 1.67. The third-order valence-electron chi connectivity index (χ3n) is 1.38. The van der Waals surface area contributed by atoms with Gasteiger partial charge >= 0.3 is 0 Å². The molecule has 0 aliphatic heterocycles. The minimum atomic E-state index is 0.618. The lowest BCUT2D eigenvalue weighted by atomic mass is 10.8. The third kappa shape index (κ3) is 1.99. The van der Waals surface area contributed by atoms with Gasteiger partial charge in [0.25, 0.3) is 0 Å². The largest absolute Gasteiger partial charge is 0.236 e. The second-order valence-electron chi connectivity index (χ2n) is 2.59. The van der Waals surface area contributed by atoms with E-state index in [1.807, 2.05) is 33.2 Å². The molecule has 0 amide bonds. The lowest BCUT2D eigenvalue weighted by Crippen LogP contribution is -2.49. The van der Waals surface area contributed by atoms with Crippen molar-refractivity contribution in [2.24, 2.45) is 0 Å². The van der Waals surface area contributed by atoms with Crippen molar-refractivity contribution >= 4 is 11.6 Å². The minimum absolute atomic E-state index is 0.618. The highest BCUT2D eigenvalue weighted by Crippen LogP contribution is 1.99. The Balaban J connectivity index is 3.71. The molecule has 0 aromatic carbocycles. The molecule has 0 spiro atoms. The van der Waals surface area contributed by atoms with E-state index in [0.29, 0.717) is 6.00 Å². The number of rotatable bonds is 2. The van der Waals surface area contributed by atoms with Crippen molar-refractivity contribution < 1.29 is 4.59 Å². The number of alkyl halides is 1. The van der Waals surface area contributed by atoms with Gasteiger partial charge in [0.05, 0.1) is 14.1 Å². The maximum absolute atomic E-state index is 5.62. The molecule has 0 saturated heterocycles. The SMILES string of the molecule is CN(C)[N+](C)(C)CCl. The zero-order valence-electron chi connectivity index (χ0n) is 5.98. The average molecular weight is 138 g/mol. The highest BCUT2D eigenvalue weighted by atomic mass is 35.5. The summed E-state index contributed by atoms with van der Waals surface area (Å²) in [5.41, 5.74) is 0. The van der Waals surface area contributed by atoms with Crippen LogP contribution >= 0.6 is 11.6 Å². The lowest BCUT2D eigenvalue weighted by molar-refractivity contribution is -0.988. The number of hydrogen-bond donors (Lipinski definition) is 0. The van der Waals surface area contributed by atoms with Gasteiger partial charge in [0.15, 0.2) is 6.00 Å². The Labute approximate surface area is 56.2 Å². The lowest BCUT2D eigenvalue weighted by Gasteiger charge is -2.32. The third-order valence-corrected chi connectivity index (χ3v) is 1.96. The first kappa shape index (κ1) is 8.21. The topological polar surface area (TPSA) is 3.24 Å². The van der Waals surface area contributed by atoms with Crippen molar-refractivity contribution in [3.63, 3.8) is 0 Å². The van der Waals surface area contributed by atoms with Crippen LogP contribution in [0.2, 0.25) is 0 Å². The van der Waals surface area contributed by atoms with Crippen LogP contribution in [0.25, 0.3) is 0 Å². The van der Waals surface area contributed by atoms with Gasteiger partial charge in [-0.2, -0.15) is 5.01 Å². The molecular weight excluding hydrogens is 124 g/mol. The van der Waals surface area contributed by atoms with Crippen molar-refractivity contribution in [3.05, 3.63) is 0 Å². The summed E-state index contributed by atoms with van der Waals surface area (Å²) in [5.74, 6) is 0. The quantitative estimate of drug-likeness (QED) is 0.235. The summed E-state index contributed by atoms with van der Waals surface area (Å²) < 4.78 is 0.724. The Morgan fingerprint density at radius 1 is 1.38 bits per heavy atom. The maximum atomic E-state index is 5.62. The fourth-order valence-corrected chi connectivity index (χ4v) is 0.321. The number of halogens is 1. The molecule has 0 aliphatic rings. The summed E-state index contributed by atoms with van der Waals surface area (Å²) in [5, 5.41) is 2.05. The summed E-state index contributed by atoms with van der Waals surface area (Å²) in [6.07, 6.45) is 0. The molecule has 0 rings (SSSR count). The molecule has 8 heavy (non-hydrogen) atoms. The summed E-state index contributed by atoms with van der Waals surface area (Å²) >= 11 is 5.62. The van der Waals surface area contributed by atoms with Gasteiger partial charge in [0.2, 0.25) is 0 Å². The van der Waals surface area contributed by atoms with Gasteiger partial charge in [0, 0.05) is 14.1 Å². The van der Waals surface area contributed by atoms with E-state index in [4.69, 9.17) is 11.6 Å². The summed E-state index contributed by atoms with van der Waals surface area (Å²) in [6, 6.07) is 0.618. The molecule has 0 aromatic rings. The Hall–Kier alpha value is 0.210. The zero-order chi connectivity index (χ0) is 6.78. The molecule has 0 heterocycles. The summed E-state index contributed by atoms with van der Waals surface area (Å²) in [7, 11) is 8.10. The van der Waals surface area contributed by atoms with E-state index in [-0.39, 0.29) is 0 Å². The fourth-order valence-electron chi connectivity index (χ4n) is 0.107. The first-order chi connectivity index (χ1) is 3.50. The fraction of sp³-hybridized carbons (Fsp3) is 1.00. The number of hydrogen-bond acceptors (Lipinski definition) is 1. The van der Waals surface area contributed by atoms with E-state index in [1.54, 1.807) is 0 Å². The van der Waals surface area contributed by atoms with Gasteiger partial charge in [-0.1, -0.05) is 11.6 Å². The van der Waals surface area contributed by atoms with Crippen molar-refractivity contribution in [3.8, 4) is 0 Å². The molecule has 2 nitrogen and oxygen atoms in total. The van der Waals surface area contributed by atoms with Gasteiger partial charge in [0.1, 0.15) is 0 Å². The molecule has 0 bridgehead atoms. The highest BCUT2D eigenvalue weighted by Gasteiger charge is 2.14. The second kappa shape index (κ2) is 2.67. The number of nitrogens with zero attached hydrogens (tertiary/aromatic N) is 2. The van der Waals surface area contributed by atoms with Crippen LogP contribution in [0.5, 0.6) is 0 Å². The monoisotopic (exact) mass is 137 g/mol. The van der Waals surface area contributed by atoms with Gasteiger partial charge in [-0.25, -0.2) is 4.59 Å². The molecule has 0 atom stereocenters. The summed E-state index contributed by atoms with van der Waals surface area (Å²) in [4.78, 5) is 0. The molecule has 3 heteroatoms. The zero-order valence-corrected chi connectivity index (χ0v) is 6.74. The van der Waals surface area contributed by atoms with E-state index in [0.717, 1.165) is 4.59 Å². The molecule has 0 saturated carbocycles. The molecule has 50 valence electrons. The normalized spacial score (nSPS) is 12.8. The van der Waals surface area contributed by atoms with Crippen molar-refractivity contribution in [2.75, 3.05) is 34.2 Å². The van der Waals surface area contributed by atoms with E-state index in [9.17, 15) is 0 Å². The van der Waals surface area contributed by atoms with Crippen LogP contribution in [-0.4, -0.2) is 43.8 Å². The number of quaternary nitrogens is 1. The first-order valence-electron chi connectivity index (χ1n) is 2.57. The van der Waals surface area contributed by atoms with E-state index in [2.05, 4.69) is 0 Å². The Morgan fingerprint density at radius 3 is 1.75 bits per heavy atom. The van der Waals surface area contributed by atoms with Crippen molar-refractivity contribution in [1.82, 2.24) is 5.01 Å². The van der Waals surface area contributed by atoms with Crippen LogP contribution < -0.4 is 0 Å². The molecule has 0 radical (unpaired) electrons. The molecule has 0 aliphatic carbocycles. The molecule has 0 unspecified atom stereocenters. The van der Waals surface area contributed by atoms with Gasteiger partial charge in [-0.3, -0.25) is 0 Å². The smallest absolute Gasteiger partial charge is 0.172 e. The Bertz CT molecular complexity index is 70.8. The van der Waals surface area contributed by atoms with Crippen LogP contribution in [0, 0.1) is 0 Å². The summed E-state index contributed by atoms with van der Waals surface area (Å²) in [6.45, 7) is 0. The van der Waals surface area contributed by atoms with Gasteiger partial charge in [-0.05, 0) is 0 Å². The Morgan fingerprint density at radius 2 is 1.75 bits per heavy atom. The Kier molecular flexibility index (Phi) is 2.74. The van der Waals surface area contributed by atoms with Crippen molar-refractivity contribution in [2.45, 2.75) is 0 Å². The van der Waals surface area contributed by atoms with E-state index in [1.165, 1.54) is 0 Å². The first-order valence-corrected chi connectivity index (χ1v) is 3.11.